The third-order valence-electron chi connectivity index (χ3n) is 3.53. The number of alkyl halides is 1. The van der Waals surface area contributed by atoms with E-state index in [9.17, 15) is 14.0 Å². The van der Waals surface area contributed by atoms with E-state index in [-0.39, 0.29) is 29.5 Å². The number of anilines is 1. The van der Waals surface area contributed by atoms with Crippen molar-refractivity contribution in [3.63, 3.8) is 0 Å². The number of allylic oxidation sites excluding steroid dienone is 1. The maximum atomic E-state index is 14.5. The Morgan fingerprint density at radius 3 is 2.28 bits per heavy atom. The second-order valence-corrected chi connectivity index (χ2v) is 6.82. The zero-order valence-electron chi connectivity index (χ0n) is 13.5. The van der Waals surface area contributed by atoms with E-state index in [1.807, 2.05) is 6.08 Å². The standard InChI is InChI=1S/C19H16Br2FNO2/c1-13(24)23(11-3-2-10-20)18-9-6-15(12-17(18)22)19(25)14-4-7-16(21)8-5-14/h2-9,12H,10-11H2,1H3. The van der Waals surface area contributed by atoms with Crippen molar-refractivity contribution in [3.05, 3.63) is 76.0 Å². The summed E-state index contributed by atoms with van der Waals surface area (Å²) in [6.45, 7) is 1.64. The number of rotatable bonds is 6. The lowest BCUT2D eigenvalue weighted by atomic mass is 10.0. The zero-order valence-corrected chi connectivity index (χ0v) is 16.7. The maximum Gasteiger partial charge on any atom is 0.224 e. The Bertz CT molecular complexity index is 804. The average molecular weight is 469 g/mol. The minimum absolute atomic E-state index is 0.152. The lowest BCUT2D eigenvalue weighted by Gasteiger charge is -2.20. The van der Waals surface area contributed by atoms with Gasteiger partial charge in [-0.05, 0) is 42.5 Å². The van der Waals surface area contributed by atoms with Crippen LogP contribution in [0.15, 0.2) is 59.1 Å². The Kier molecular flexibility index (Phi) is 7.08. The van der Waals surface area contributed by atoms with Gasteiger partial charge in [0.05, 0.1) is 5.69 Å². The summed E-state index contributed by atoms with van der Waals surface area (Å²) in [6, 6.07) is 11.0. The van der Waals surface area contributed by atoms with Crippen LogP contribution in [0.5, 0.6) is 0 Å². The van der Waals surface area contributed by atoms with Crippen molar-refractivity contribution in [1.82, 2.24) is 0 Å². The first-order valence-electron chi connectivity index (χ1n) is 7.53. The molecule has 0 atom stereocenters. The lowest BCUT2D eigenvalue weighted by Crippen LogP contribution is -2.29. The van der Waals surface area contributed by atoms with Crippen molar-refractivity contribution in [2.45, 2.75) is 6.92 Å². The summed E-state index contributed by atoms with van der Waals surface area (Å²) < 4.78 is 15.4. The Morgan fingerprint density at radius 2 is 1.72 bits per heavy atom. The molecule has 0 N–H and O–H groups in total. The highest BCUT2D eigenvalue weighted by Crippen LogP contribution is 2.23. The molecule has 6 heteroatoms. The highest BCUT2D eigenvalue weighted by Gasteiger charge is 2.17. The Balaban J connectivity index is 2.29. The minimum atomic E-state index is -0.606. The minimum Gasteiger partial charge on any atom is -0.306 e. The molecule has 0 saturated carbocycles. The molecule has 2 aromatic rings. The lowest BCUT2D eigenvalue weighted by molar-refractivity contribution is -0.116. The number of ketones is 1. The predicted molar refractivity (Wildman–Crippen MR) is 105 cm³/mol. The van der Waals surface area contributed by atoms with Gasteiger partial charge < -0.3 is 4.90 Å². The summed E-state index contributed by atoms with van der Waals surface area (Å²) >= 11 is 6.56. The van der Waals surface area contributed by atoms with Crippen molar-refractivity contribution < 1.29 is 14.0 Å². The van der Waals surface area contributed by atoms with Gasteiger partial charge in [-0.3, -0.25) is 9.59 Å². The SMILES string of the molecule is CC(=O)N(CC=CCBr)c1ccc(C(=O)c2ccc(Br)cc2)cc1F. The number of halogens is 3. The molecule has 0 unspecified atom stereocenters. The van der Waals surface area contributed by atoms with E-state index in [1.165, 1.54) is 30.0 Å². The van der Waals surface area contributed by atoms with E-state index in [4.69, 9.17) is 0 Å². The quantitative estimate of drug-likeness (QED) is 0.335. The van der Waals surface area contributed by atoms with Crippen molar-refractivity contribution in [1.29, 1.82) is 0 Å². The second kappa shape index (κ2) is 9.06. The van der Waals surface area contributed by atoms with Crippen LogP contribution in [0.1, 0.15) is 22.8 Å². The summed E-state index contributed by atoms with van der Waals surface area (Å²) in [5, 5.41) is 0.655. The van der Waals surface area contributed by atoms with Crippen molar-refractivity contribution in [3.8, 4) is 0 Å². The van der Waals surface area contributed by atoms with E-state index in [2.05, 4.69) is 31.9 Å². The fourth-order valence-electron chi connectivity index (χ4n) is 2.27. The van der Waals surface area contributed by atoms with Gasteiger partial charge in [0, 0.05) is 34.4 Å². The van der Waals surface area contributed by atoms with Crippen LogP contribution in [0.3, 0.4) is 0 Å². The highest BCUT2D eigenvalue weighted by atomic mass is 79.9. The number of carbonyl (C=O) groups excluding carboxylic acids is 2. The van der Waals surface area contributed by atoms with Crippen LogP contribution in [0.25, 0.3) is 0 Å². The van der Waals surface area contributed by atoms with E-state index < -0.39 is 5.82 Å². The molecule has 0 fully saturated rings. The third-order valence-corrected chi connectivity index (χ3v) is 4.43. The molecule has 0 aromatic heterocycles. The fraction of sp³-hybridized carbons (Fsp3) is 0.158. The summed E-state index contributed by atoms with van der Waals surface area (Å²) in [5.41, 5.74) is 0.862. The first-order valence-corrected chi connectivity index (χ1v) is 9.44. The molecule has 0 bridgehead atoms. The molecule has 130 valence electrons. The number of nitrogens with zero attached hydrogens (tertiary/aromatic N) is 1. The molecule has 0 saturated heterocycles. The molecular weight excluding hydrogens is 453 g/mol. The van der Waals surface area contributed by atoms with Gasteiger partial charge in [-0.2, -0.15) is 0 Å². The zero-order chi connectivity index (χ0) is 18.4. The van der Waals surface area contributed by atoms with Crippen LogP contribution in [-0.2, 0) is 4.79 Å². The van der Waals surface area contributed by atoms with Crippen LogP contribution < -0.4 is 4.90 Å². The molecule has 2 aromatic carbocycles. The number of amides is 1. The van der Waals surface area contributed by atoms with Gasteiger partial charge in [-0.15, -0.1) is 0 Å². The maximum absolute atomic E-state index is 14.5. The Morgan fingerprint density at radius 1 is 1.08 bits per heavy atom. The first-order chi connectivity index (χ1) is 11.9. The molecule has 0 heterocycles. The van der Waals surface area contributed by atoms with E-state index >= 15 is 0 Å². The summed E-state index contributed by atoms with van der Waals surface area (Å²) in [6.07, 6.45) is 3.61. The molecule has 0 radical (unpaired) electrons. The monoisotopic (exact) mass is 467 g/mol. The van der Waals surface area contributed by atoms with Crippen LogP contribution in [0, 0.1) is 5.82 Å². The van der Waals surface area contributed by atoms with Gasteiger partial charge in [0.1, 0.15) is 5.82 Å². The van der Waals surface area contributed by atoms with E-state index in [0.29, 0.717) is 10.9 Å². The summed E-state index contributed by atoms with van der Waals surface area (Å²) in [5.74, 6) is -1.15. The van der Waals surface area contributed by atoms with Gasteiger partial charge in [0.25, 0.3) is 0 Å². The molecule has 3 nitrogen and oxygen atoms in total. The molecule has 1 amide bonds. The summed E-state index contributed by atoms with van der Waals surface area (Å²) in [7, 11) is 0. The van der Waals surface area contributed by atoms with Crippen molar-refractivity contribution >= 4 is 49.2 Å². The Hall–Kier alpha value is -1.79. The largest absolute Gasteiger partial charge is 0.306 e. The summed E-state index contributed by atoms with van der Waals surface area (Å²) in [4.78, 5) is 25.6. The molecule has 25 heavy (non-hydrogen) atoms. The normalized spacial score (nSPS) is 10.9. The topological polar surface area (TPSA) is 37.4 Å². The van der Waals surface area contributed by atoms with Crippen molar-refractivity contribution in [2.24, 2.45) is 0 Å². The molecule has 0 aliphatic rings. The van der Waals surface area contributed by atoms with Crippen LogP contribution in [-0.4, -0.2) is 23.6 Å². The van der Waals surface area contributed by atoms with Crippen LogP contribution in [0.4, 0.5) is 10.1 Å². The first kappa shape index (κ1) is 19.5. The molecule has 0 spiro atoms. The van der Waals surface area contributed by atoms with Crippen molar-refractivity contribution in [2.75, 3.05) is 16.8 Å². The number of hydrogen-bond acceptors (Lipinski definition) is 2. The van der Waals surface area contributed by atoms with E-state index in [1.54, 1.807) is 30.3 Å². The van der Waals surface area contributed by atoms with Gasteiger partial charge in [-0.1, -0.05) is 44.0 Å². The van der Waals surface area contributed by atoms with Gasteiger partial charge in [0.2, 0.25) is 5.91 Å². The average Bonchev–Trinajstić information content (AvgIpc) is 2.59. The van der Waals surface area contributed by atoms with Crippen LogP contribution in [0.2, 0.25) is 0 Å². The van der Waals surface area contributed by atoms with Crippen LogP contribution >= 0.6 is 31.9 Å². The Labute approximate surface area is 162 Å². The molecule has 2 rings (SSSR count). The molecule has 0 aliphatic heterocycles. The predicted octanol–water partition coefficient (Wildman–Crippen LogP) is 5.12. The smallest absolute Gasteiger partial charge is 0.224 e. The number of carbonyl (C=O) groups is 2. The van der Waals surface area contributed by atoms with Gasteiger partial charge >= 0.3 is 0 Å². The number of hydrogen-bond donors (Lipinski definition) is 0. The van der Waals surface area contributed by atoms with Gasteiger partial charge in [0.15, 0.2) is 5.78 Å². The highest BCUT2D eigenvalue weighted by molar-refractivity contribution is 9.10. The van der Waals surface area contributed by atoms with Gasteiger partial charge in [-0.25, -0.2) is 4.39 Å². The van der Waals surface area contributed by atoms with E-state index in [0.717, 1.165) is 4.47 Å². The second-order valence-electron chi connectivity index (χ2n) is 5.26. The third kappa shape index (κ3) is 5.09. The number of benzene rings is 2. The molecular formula is C19H16Br2FNO2. The molecule has 0 aliphatic carbocycles. The fourth-order valence-corrected chi connectivity index (χ4v) is 2.80.